The third-order valence-corrected chi connectivity index (χ3v) is 4.88. The van der Waals surface area contributed by atoms with Gasteiger partial charge in [-0.1, -0.05) is 30.0 Å². The van der Waals surface area contributed by atoms with Crippen LogP contribution in [0.5, 0.6) is 0 Å². The SMILES string of the molecule is CSc1nc2c(c(=O)[nH]1)CN(Cc1cc3ccccc3[nH]1)CC2. The van der Waals surface area contributed by atoms with Crippen molar-refractivity contribution < 1.29 is 0 Å². The van der Waals surface area contributed by atoms with Gasteiger partial charge < -0.3 is 9.97 Å². The molecule has 1 aliphatic heterocycles. The van der Waals surface area contributed by atoms with Gasteiger partial charge in [-0.2, -0.15) is 0 Å². The van der Waals surface area contributed by atoms with E-state index in [0.717, 1.165) is 36.3 Å². The Kier molecular flexibility index (Phi) is 3.71. The van der Waals surface area contributed by atoms with Gasteiger partial charge in [0.05, 0.1) is 11.3 Å². The first-order chi connectivity index (χ1) is 11.2. The number of rotatable bonds is 3. The highest BCUT2D eigenvalue weighted by Gasteiger charge is 2.21. The Hall–Kier alpha value is -2.05. The fourth-order valence-electron chi connectivity index (χ4n) is 3.15. The molecule has 0 unspecified atom stereocenters. The molecule has 118 valence electrons. The molecule has 0 bridgehead atoms. The van der Waals surface area contributed by atoms with Crippen LogP contribution in [0.25, 0.3) is 10.9 Å². The highest BCUT2D eigenvalue weighted by atomic mass is 32.2. The molecule has 1 aromatic carbocycles. The summed E-state index contributed by atoms with van der Waals surface area (Å²) in [6.07, 6.45) is 2.75. The standard InChI is InChI=1S/C17H18N4OS/c1-23-17-19-15-6-7-21(10-13(15)16(22)20-17)9-12-8-11-4-2-3-5-14(11)18-12/h2-5,8,18H,6-7,9-10H2,1H3,(H,19,20,22). The van der Waals surface area contributed by atoms with E-state index in [9.17, 15) is 4.79 Å². The minimum Gasteiger partial charge on any atom is -0.357 e. The van der Waals surface area contributed by atoms with E-state index in [2.05, 4.69) is 38.1 Å². The Morgan fingerprint density at radius 2 is 2.17 bits per heavy atom. The Morgan fingerprint density at radius 1 is 1.30 bits per heavy atom. The van der Waals surface area contributed by atoms with Gasteiger partial charge in [-0.3, -0.25) is 9.69 Å². The number of hydrogen-bond donors (Lipinski definition) is 2. The van der Waals surface area contributed by atoms with Gasteiger partial charge in [-0.05, 0) is 23.8 Å². The number of thioether (sulfide) groups is 1. The average molecular weight is 326 g/mol. The predicted molar refractivity (Wildman–Crippen MR) is 92.8 cm³/mol. The van der Waals surface area contributed by atoms with Crippen LogP contribution < -0.4 is 5.56 Å². The van der Waals surface area contributed by atoms with Crippen molar-refractivity contribution in [2.75, 3.05) is 12.8 Å². The van der Waals surface area contributed by atoms with Crippen molar-refractivity contribution in [1.29, 1.82) is 0 Å². The van der Waals surface area contributed by atoms with Crippen LogP contribution in [0.3, 0.4) is 0 Å². The maximum Gasteiger partial charge on any atom is 0.256 e. The van der Waals surface area contributed by atoms with Crippen molar-refractivity contribution >= 4 is 22.7 Å². The lowest BCUT2D eigenvalue weighted by atomic mass is 10.1. The van der Waals surface area contributed by atoms with Crippen molar-refractivity contribution in [3.8, 4) is 0 Å². The first-order valence-electron chi connectivity index (χ1n) is 7.68. The highest BCUT2D eigenvalue weighted by molar-refractivity contribution is 7.98. The van der Waals surface area contributed by atoms with E-state index in [1.54, 1.807) is 0 Å². The second-order valence-corrected chi connectivity index (χ2v) is 6.64. The Morgan fingerprint density at radius 3 is 3.00 bits per heavy atom. The summed E-state index contributed by atoms with van der Waals surface area (Å²) in [5.74, 6) is 0. The van der Waals surface area contributed by atoms with Gasteiger partial charge in [-0.25, -0.2) is 4.98 Å². The molecule has 0 saturated carbocycles. The molecule has 3 aromatic rings. The zero-order valence-corrected chi connectivity index (χ0v) is 13.7. The molecule has 1 aliphatic rings. The molecule has 0 amide bonds. The summed E-state index contributed by atoms with van der Waals surface area (Å²) in [5, 5.41) is 1.93. The lowest BCUT2D eigenvalue weighted by Crippen LogP contribution is -2.35. The Bertz CT molecular complexity index is 881. The van der Waals surface area contributed by atoms with Gasteiger partial charge in [0.15, 0.2) is 5.16 Å². The molecular formula is C17H18N4OS. The number of fused-ring (bicyclic) bond motifs is 2. The molecule has 2 aromatic heterocycles. The van der Waals surface area contributed by atoms with Crippen molar-refractivity contribution in [2.24, 2.45) is 0 Å². The van der Waals surface area contributed by atoms with Crippen LogP contribution in [0.2, 0.25) is 0 Å². The summed E-state index contributed by atoms with van der Waals surface area (Å²) < 4.78 is 0. The van der Waals surface area contributed by atoms with Crippen molar-refractivity contribution in [2.45, 2.75) is 24.7 Å². The second kappa shape index (κ2) is 5.86. The van der Waals surface area contributed by atoms with Crippen molar-refractivity contribution in [3.05, 3.63) is 57.6 Å². The minimum absolute atomic E-state index is 0.000645. The van der Waals surface area contributed by atoms with E-state index in [1.807, 2.05) is 18.4 Å². The lowest BCUT2D eigenvalue weighted by Gasteiger charge is -2.27. The summed E-state index contributed by atoms with van der Waals surface area (Å²) in [4.78, 5) is 25.4. The summed E-state index contributed by atoms with van der Waals surface area (Å²) in [6.45, 7) is 2.40. The molecule has 0 spiro atoms. The van der Waals surface area contributed by atoms with E-state index < -0.39 is 0 Å². The normalized spacial score (nSPS) is 15.0. The monoisotopic (exact) mass is 326 g/mol. The van der Waals surface area contributed by atoms with Gasteiger partial charge >= 0.3 is 0 Å². The van der Waals surface area contributed by atoms with Crippen LogP contribution >= 0.6 is 11.8 Å². The van der Waals surface area contributed by atoms with Crippen LogP contribution in [-0.2, 0) is 19.5 Å². The minimum atomic E-state index is 0.000645. The molecule has 0 radical (unpaired) electrons. The molecule has 0 fully saturated rings. The second-order valence-electron chi connectivity index (χ2n) is 5.84. The van der Waals surface area contributed by atoms with E-state index in [-0.39, 0.29) is 5.56 Å². The number of nitrogens with zero attached hydrogens (tertiary/aromatic N) is 2. The Balaban J connectivity index is 1.57. The van der Waals surface area contributed by atoms with Crippen molar-refractivity contribution in [3.63, 3.8) is 0 Å². The van der Waals surface area contributed by atoms with Crippen molar-refractivity contribution in [1.82, 2.24) is 19.9 Å². The highest BCUT2D eigenvalue weighted by Crippen LogP contribution is 2.20. The Labute approximate surface area is 138 Å². The molecule has 6 heteroatoms. The fourth-order valence-corrected chi connectivity index (χ4v) is 3.55. The topological polar surface area (TPSA) is 64.8 Å². The molecule has 3 heterocycles. The van der Waals surface area contributed by atoms with Crippen LogP contribution in [0.15, 0.2) is 40.3 Å². The van der Waals surface area contributed by atoms with Gasteiger partial charge in [-0.15, -0.1) is 0 Å². The third kappa shape index (κ3) is 2.80. The summed E-state index contributed by atoms with van der Waals surface area (Å²) in [7, 11) is 0. The van der Waals surface area contributed by atoms with E-state index >= 15 is 0 Å². The summed E-state index contributed by atoms with van der Waals surface area (Å²) >= 11 is 1.48. The van der Waals surface area contributed by atoms with E-state index in [4.69, 9.17) is 0 Å². The molecule has 5 nitrogen and oxygen atoms in total. The molecule has 23 heavy (non-hydrogen) atoms. The summed E-state index contributed by atoms with van der Waals surface area (Å²) in [5.41, 5.74) is 4.10. The van der Waals surface area contributed by atoms with Gasteiger partial charge in [0, 0.05) is 37.3 Å². The quantitative estimate of drug-likeness (QED) is 0.573. The number of benzene rings is 1. The van der Waals surface area contributed by atoms with E-state index in [1.165, 1.54) is 22.8 Å². The number of aromatic nitrogens is 3. The van der Waals surface area contributed by atoms with Gasteiger partial charge in [0.2, 0.25) is 0 Å². The van der Waals surface area contributed by atoms with Crippen LogP contribution in [0, 0.1) is 0 Å². The first-order valence-corrected chi connectivity index (χ1v) is 8.90. The third-order valence-electron chi connectivity index (χ3n) is 4.30. The number of nitrogens with one attached hydrogen (secondary N) is 2. The maximum atomic E-state index is 12.2. The average Bonchev–Trinajstić information content (AvgIpc) is 2.97. The molecule has 4 rings (SSSR count). The number of hydrogen-bond acceptors (Lipinski definition) is 4. The largest absolute Gasteiger partial charge is 0.357 e. The van der Waals surface area contributed by atoms with Crippen LogP contribution in [0.4, 0.5) is 0 Å². The number of aromatic amines is 2. The molecular weight excluding hydrogens is 308 g/mol. The predicted octanol–water partition coefficient (Wildman–Crippen LogP) is 2.53. The van der Waals surface area contributed by atoms with Gasteiger partial charge in [0.1, 0.15) is 0 Å². The maximum absolute atomic E-state index is 12.2. The molecule has 2 N–H and O–H groups in total. The number of para-hydroxylation sites is 1. The van der Waals surface area contributed by atoms with E-state index in [0.29, 0.717) is 11.7 Å². The first kappa shape index (κ1) is 14.5. The molecule has 0 aliphatic carbocycles. The fraction of sp³-hybridized carbons (Fsp3) is 0.294. The lowest BCUT2D eigenvalue weighted by molar-refractivity contribution is 0.238. The van der Waals surface area contributed by atoms with Crippen LogP contribution in [-0.4, -0.2) is 32.7 Å². The smallest absolute Gasteiger partial charge is 0.256 e. The molecule has 0 atom stereocenters. The zero-order chi connectivity index (χ0) is 15.8. The van der Waals surface area contributed by atoms with Crippen LogP contribution in [0.1, 0.15) is 17.0 Å². The van der Waals surface area contributed by atoms with Gasteiger partial charge in [0.25, 0.3) is 5.56 Å². The number of H-pyrrole nitrogens is 2. The summed E-state index contributed by atoms with van der Waals surface area (Å²) in [6, 6.07) is 10.5. The molecule has 0 saturated heterocycles. The zero-order valence-electron chi connectivity index (χ0n) is 12.9.